The van der Waals surface area contributed by atoms with E-state index in [-0.39, 0.29) is 17.7 Å². The second kappa shape index (κ2) is 6.09. The fraction of sp³-hybridized carbons (Fsp3) is 0.316. The van der Waals surface area contributed by atoms with E-state index in [4.69, 9.17) is 0 Å². The van der Waals surface area contributed by atoms with E-state index in [0.29, 0.717) is 11.4 Å². The van der Waals surface area contributed by atoms with Crippen molar-refractivity contribution in [3.8, 4) is 5.69 Å². The third kappa shape index (κ3) is 3.00. The second-order valence-corrected chi connectivity index (χ2v) is 6.89. The molecule has 6 nitrogen and oxygen atoms in total. The molecule has 2 heterocycles. The summed E-state index contributed by atoms with van der Waals surface area (Å²) < 4.78 is 17.8. The molecule has 134 valence electrons. The zero-order valence-corrected chi connectivity index (χ0v) is 14.9. The molecule has 1 saturated carbocycles. The van der Waals surface area contributed by atoms with Gasteiger partial charge in [0, 0.05) is 30.5 Å². The topological polar surface area (TPSA) is 64.7 Å². The number of nitrogens with one attached hydrogen (secondary N) is 1. The van der Waals surface area contributed by atoms with Crippen molar-refractivity contribution in [2.24, 2.45) is 13.0 Å². The molecule has 0 saturated heterocycles. The molecule has 3 aromatic rings. The largest absolute Gasteiger partial charge is 0.326 e. The van der Waals surface area contributed by atoms with Gasteiger partial charge in [-0.2, -0.15) is 10.2 Å². The van der Waals surface area contributed by atoms with Crippen LogP contribution in [0.2, 0.25) is 0 Å². The summed E-state index contributed by atoms with van der Waals surface area (Å²) in [6, 6.07) is 6.57. The standard InChI is InChI=1S/C19H20FN5O/c1-11-6-12(2)25(23-11)18-5-4-14(7-17(18)20)22-19(26)16-8-15(16)13-9-21-24(3)10-13/h4-7,9-10,15-16H,8H2,1-3H3,(H,22,26). The van der Waals surface area contributed by atoms with Crippen LogP contribution in [-0.4, -0.2) is 25.5 Å². The fourth-order valence-corrected chi connectivity index (χ4v) is 3.35. The highest BCUT2D eigenvalue weighted by Crippen LogP contribution is 2.47. The Morgan fingerprint density at radius 3 is 2.73 bits per heavy atom. The first-order valence-electron chi connectivity index (χ1n) is 8.55. The van der Waals surface area contributed by atoms with Crippen LogP contribution < -0.4 is 5.32 Å². The van der Waals surface area contributed by atoms with Crippen LogP contribution in [0.4, 0.5) is 10.1 Å². The highest BCUT2D eigenvalue weighted by atomic mass is 19.1. The predicted octanol–water partition coefficient (Wildman–Crippen LogP) is 3.10. The molecule has 0 radical (unpaired) electrons. The molecule has 2 unspecified atom stereocenters. The van der Waals surface area contributed by atoms with E-state index in [1.807, 2.05) is 33.2 Å². The summed E-state index contributed by atoms with van der Waals surface area (Å²) in [7, 11) is 1.86. The molecule has 1 fully saturated rings. The van der Waals surface area contributed by atoms with Crippen LogP contribution in [0, 0.1) is 25.6 Å². The molecule has 26 heavy (non-hydrogen) atoms. The lowest BCUT2D eigenvalue weighted by atomic mass is 10.2. The van der Waals surface area contributed by atoms with Crippen LogP contribution in [0.3, 0.4) is 0 Å². The van der Waals surface area contributed by atoms with Crippen molar-refractivity contribution in [1.82, 2.24) is 19.6 Å². The first-order chi connectivity index (χ1) is 12.4. The summed E-state index contributed by atoms with van der Waals surface area (Å²) >= 11 is 0. The summed E-state index contributed by atoms with van der Waals surface area (Å²) in [6.07, 6.45) is 4.52. The lowest BCUT2D eigenvalue weighted by molar-refractivity contribution is -0.117. The number of benzene rings is 1. The highest BCUT2D eigenvalue weighted by molar-refractivity contribution is 5.95. The Bertz CT molecular complexity index is 990. The smallest absolute Gasteiger partial charge is 0.228 e. The van der Waals surface area contributed by atoms with E-state index in [2.05, 4.69) is 15.5 Å². The first kappa shape index (κ1) is 16.5. The average molecular weight is 353 g/mol. The number of rotatable bonds is 4. The van der Waals surface area contributed by atoms with Gasteiger partial charge in [-0.15, -0.1) is 0 Å². The van der Waals surface area contributed by atoms with Crippen molar-refractivity contribution in [2.45, 2.75) is 26.2 Å². The van der Waals surface area contributed by atoms with Crippen molar-refractivity contribution in [2.75, 3.05) is 5.32 Å². The Morgan fingerprint density at radius 1 is 1.31 bits per heavy atom. The van der Waals surface area contributed by atoms with Crippen molar-refractivity contribution < 1.29 is 9.18 Å². The van der Waals surface area contributed by atoms with Gasteiger partial charge in [0.2, 0.25) is 5.91 Å². The molecule has 4 rings (SSSR count). The van der Waals surface area contributed by atoms with Gasteiger partial charge in [0.1, 0.15) is 5.69 Å². The van der Waals surface area contributed by atoms with Crippen molar-refractivity contribution >= 4 is 11.6 Å². The Labute approximate surface area is 150 Å². The molecule has 2 aromatic heterocycles. The Hall–Kier alpha value is -2.96. The van der Waals surface area contributed by atoms with E-state index in [1.54, 1.807) is 27.7 Å². The Kier molecular flexibility index (Phi) is 3.86. The minimum absolute atomic E-state index is 0.0852. The van der Waals surface area contributed by atoms with Crippen LogP contribution in [0.1, 0.15) is 29.3 Å². The number of nitrogens with zero attached hydrogens (tertiary/aromatic N) is 4. The van der Waals surface area contributed by atoms with Gasteiger partial charge in [0.25, 0.3) is 0 Å². The van der Waals surface area contributed by atoms with Gasteiger partial charge < -0.3 is 5.32 Å². The van der Waals surface area contributed by atoms with Crippen LogP contribution in [0.25, 0.3) is 5.69 Å². The van der Waals surface area contributed by atoms with Crippen LogP contribution in [0.15, 0.2) is 36.7 Å². The zero-order valence-electron chi connectivity index (χ0n) is 14.9. The lowest BCUT2D eigenvalue weighted by Gasteiger charge is -2.09. The van der Waals surface area contributed by atoms with E-state index < -0.39 is 5.82 Å². The molecule has 0 aliphatic heterocycles. The number of anilines is 1. The molecule has 1 aliphatic carbocycles. The maximum atomic E-state index is 14.5. The SMILES string of the molecule is Cc1cc(C)n(-c2ccc(NC(=O)C3CC3c3cnn(C)c3)cc2F)n1. The third-order valence-corrected chi connectivity index (χ3v) is 4.73. The van der Waals surface area contributed by atoms with Gasteiger partial charge in [-0.3, -0.25) is 9.48 Å². The number of aromatic nitrogens is 4. The van der Waals surface area contributed by atoms with Crippen molar-refractivity contribution in [3.05, 3.63) is 59.4 Å². The molecule has 1 amide bonds. The van der Waals surface area contributed by atoms with Crippen molar-refractivity contribution in [3.63, 3.8) is 0 Å². The van der Waals surface area contributed by atoms with Gasteiger partial charge in [0.15, 0.2) is 5.82 Å². The van der Waals surface area contributed by atoms with Crippen LogP contribution >= 0.6 is 0 Å². The van der Waals surface area contributed by atoms with E-state index in [9.17, 15) is 9.18 Å². The molecule has 7 heteroatoms. The Balaban J connectivity index is 1.47. The summed E-state index contributed by atoms with van der Waals surface area (Å²) in [6.45, 7) is 3.74. The van der Waals surface area contributed by atoms with Crippen molar-refractivity contribution in [1.29, 1.82) is 0 Å². The van der Waals surface area contributed by atoms with Gasteiger partial charge >= 0.3 is 0 Å². The maximum Gasteiger partial charge on any atom is 0.228 e. The highest BCUT2D eigenvalue weighted by Gasteiger charge is 2.44. The molecule has 0 spiro atoms. The third-order valence-electron chi connectivity index (χ3n) is 4.73. The van der Waals surface area contributed by atoms with Crippen LogP contribution in [0.5, 0.6) is 0 Å². The number of hydrogen-bond donors (Lipinski definition) is 1. The summed E-state index contributed by atoms with van der Waals surface area (Å²) in [5, 5.41) is 11.3. The minimum Gasteiger partial charge on any atom is -0.326 e. The zero-order chi connectivity index (χ0) is 18.4. The molecule has 1 aromatic carbocycles. The number of hydrogen-bond acceptors (Lipinski definition) is 3. The number of carbonyl (C=O) groups excluding carboxylic acids is 1. The summed E-state index contributed by atoms with van der Waals surface area (Å²) in [5.41, 5.74) is 3.58. The van der Waals surface area contributed by atoms with E-state index in [0.717, 1.165) is 23.4 Å². The number of aryl methyl sites for hydroxylation is 3. The maximum absolute atomic E-state index is 14.5. The number of carbonyl (C=O) groups is 1. The molecule has 0 bridgehead atoms. The predicted molar refractivity (Wildman–Crippen MR) is 95.7 cm³/mol. The first-order valence-corrected chi connectivity index (χ1v) is 8.55. The molecule has 2 atom stereocenters. The summed E-state index contributed by atoms with van der Waals surface area (Å²) in [5.74, 6) is -0.397. The monoisotopic (exact) mass is 353 g/mol. The average Bonchev–Trinajstić information content (AvgIpc) is 3.16. The van der Waals surface area contributed by atoms with Gasteiger partial charge in [-0.05, 0) is 56.0 Å². The summed E-state index contributed by atoms with van der Waals surface area (Å²) in [4.78, 5) is 12.4. The van der Waals surface area contributed by atoms with E-state index in [1.165, 1.54) is 6.07 Å². The molecule has 1 N–H and O–H groups in total. The second-order valence-electron chi connectivity index (χ2n) is 6.89. The quantitative estimate of drug-likeness (QED) is 0.784. The van der Waals surface area contributed by atoms with E-state index >= 15 is 0 Å². The Morgan fingerprint density at radius 2 is 2.12 bits per heavy atom. The van der Waals surface area contributed by atoms with Crippen LogP contribution in [-0.2, 0) is 11.8 Å². The fourth-order valence-electron chi connectivity index (χ4n) is 3.35. The minimum atomic E-state index is -0.423. The number of amides is 1. The van der Waals surface area contributed by atoms with Gasteiger partial charge in [-0.1, -0.05) is 0 Å². The normalized spacial score (nSPS) is 18.8. The van der Waals surface area contributed by atoms with Gasteiger partial charge in [-0.25, -0.2) is 9.07 Å². The number of halogens is 1. The molecular formula is C19H20FN5O. The lowest BCUT2D eigenvalue weighted by Crippen LogP contribution is -2.15. The molecular weight excluding hydrogens is 333 g/mol. The van der Waals surface area contributed by atoms with Gasteiger partial charge in [0.05, 0.1) is 11.9 Å². The molecule has 1 aliphatic rings.